The average Bonchev–Trinajstić information content (AvgIpc) is 3.20. The normalized spacial score (nSPS) is 12.7. The first-order valence-electron chi connectivity index (χ1n) is 9.11. The Morgan fingerprint density at radius 1 is 1.38 bits per heavy atom. The lowest BCUT2D eigenvalue weighted by Gasteiger charge is -2.31. The Kier molecular flexibility index (Phi) is 6.61. The SMILES string of the molecule is C=C1CSc2cc(F)ccc2N1CC(=O)Nc1n[nH]c(-c2ccccn2)n1.CC.[HH]. The Hall–Kier alpha value is -3.20. The predicted molar refractivity (Wildman–Crippen MR) is 115 cm³/mol. The maximum atomic E-state index is 13.5. The molecule has 1 aliphatic rings. The Labute approximate surface area is 173 Å². The number of hydrogen-bond donors (Lipinski definition) is 2. The molecule has 3 aromatic rings. The number of thioether (sulfide) groups is 1. The van der Waals surface area contributed by atoms with E-state index in [0.29, 0.717) is 17.3 Å². The zero-order valence-electron chi connectivity index (χ0n) is 16.1. The number of H-pyrrole nitrogens is 1. The number of aromatic amines is 1. The molecule has 0 saturated heterocycles. The van der Waals surface area contributed by atoms with Crippen LogP contribution in [0.2, 0.25) is 0 Å². The van der Waals surface area contributed by atoms with Gasteiger partial charge >= 0.3 is 0 Å². The second-order valence-electron chi connectivity index (χ2n) is 5.82. The molecule has 9 heteroatoms. The van der Waals surface area contributed by atoms with Crippen LogP contribution in [0.3, 0.4) is 0 Å². The monoisotopic (exact) mass is 414 g/mol. The van der Waals surface area contributed by atoms with Crippen molar-refractivity contribution in [3.63, 3.8) is 0 Å². The van der Waals surface area contributed by atoms with Crippen LogP contribution in [0.15, 0.2) is 59.8 Å². The fourth-order valence-corrected chi connectivity index (χ4v) is 3.68. The number of anilines is 2. The largest absolute Gasteiger partial charge is 0.335 e. The van der Waals surface area contributed by atoms with Crippen LogP contribution in [0.4, 0.5) is 16.0 Å². The quantitative estimate of drug-likeness (QED) is 0.660. The minimum absolute atomic E-state index is 0. The Morgan fingerprint density at radius 3 is 2.97 bits per heavy atom. The van der Waals surface area contributed by atoms with Crippen molar-refractivity contribution in [3.05, 3.63) is 60.7 Å². The number of aromatic nitrogens is 4. The summed E-state index contributed by atoms with van der Waals surface area (Å²) in [6.45, 7) is 8.04. The minimum atomic E-state index is -0.305. The summed E-state index contributed by atoms with van der Waals surface area (Å²) in [4.78, 5) is 23.4. The van der Waals surface area contributed by atoms with Crippen molar-refractivity contribution < 1.29 is 10.6 Å². The van der Waals surface area contributed by atoms with E-state index in [2.05, 4.69) is 32.1 Å². The molecule has 29 heavy (non-hydrogen) atoms. The number of rotatable bonds is 4. The number of carbonyl (C=O) groups excluding carboxylic acids is 1. The fraction of sp³-hybridized carbons (Fsp3) is 0.200. The number of nitrogens with zero attached hydrogens (tertiary/aromatic N) is 4. The molecular weight excluding hydrogens is 391 g/mol. The van der Waals surface area contributed by atoms with E-state index in [1.54, 1.807) is 29.3 Å². The number of hydrogen-bond acceptors (Lipinski definition) is 6. The molecule has 1 aromatic carbocycles. The number of fused-ring (bicyclic) bond motifs is 1. The first kappa shape index (κ1) is 20.5. The zero-order valence-corrected chi connectivity index (χ0v) is 17.0. The number of halogens is 1. The van der Waals surface area contributed by atoms with Crippen LogP contribution in [-0.4, -0.2) is 38.4 Å². The highest BCUT2D eigenvalue weighted by molar-refractivity contribution is 7.99. The van der Waals surface area contributed by atoms with Gasteiger partial charge in [-0.3, -0.25) is 20.2 Å². The summed E-state index contributed by atoms with van der Waals surface area (Å²) in [7, 11) is 0. The van der Waals surface area contributed by atoms with Crippen molar-refractivity contribution in [2.75, 3.05) is 22.5 Å². The molecule has 2 N–H and O–H groups in total. The van der Waals surface area contributed by atoms with Crippen molar-refractivity contribution in [1.29, 1.82) is 0 Å². The predicted octanol–water partition coefficient (Wildman–Crippen LogP) is 4.34. The number of carbonyl (C=O) groups is 1. The molecule has 4 rings (SSSR count). The van der Waals surface area contributed by atoms with Crippen LogP contribution in [0, 0.1) is 5.82 Å². The molecule has 0 unspecified atom stereocenters. The highest BCUT2D eigenvalue weighted by Gasteiger charge is 2.23. The molecule has 0 spiro atoms. The van der Waals surface area contributed by atoms with E-state index in [1.807, 2.05) is 19.9 Å². The Bertz CT molecular complexity index is 1010. The van der Waals surface area contributed by atoms with Gasteiger partial charge in [-0.05, 0) is 30.3 Å². The Morgan fingerprint density at radius 2 is 2.21 bits per heavy atom. The molecule has 0 aliphatic carbocycles. The van der Waals surface area contributed by atoms with Gasteiger partial charge in [-0.2, -0.15) is 4.98 Å². The maximum Gasteiger partial charge on any atom is 0.249 e. The first-order valence-corrected chi connectivity index (χ1v) is 10.1. The summed E-state index contributed by atoms with van der Waals surface area (Å²) in [6, 6.07) is 9.92. The van der Waals surface area contributed by atoms with Crippen molar-refractivity contribution in [2.45, 2.75) is 18.7 Å². The molecule has 2 aromatic heterocycles. The number of benzene rings is 1. The van der Waals surface area contributed by atoms with Crippen molar-refractivity contribution in [1.82, 2.24) is 20.2 Å². The minimum Gasteiger partial charge on any atom is -0.335 e. The summed E-state index contributed by atoms with van der Waals surface area (Å²) < 4.78 is 13.5. The lowest BCUT2D eigenvalue weighted by Crippen LogP contribution is -2.35. The summed E-state index contributed by atoms with van der Waals surface area (Å²) in [6.07, 6.45) is 1.65. The third-order valence-electron chi connectivity index (χ3n) is 3.93. The third kappa shape index (κ3) is 4.80. The molecule has 7 nitrogen and oxygen atoms in total. The summed E-state index contributed by atoms with van der Waals surface area (Å²) in [5.74, 6) is 0.613. The van der Waals surface area contributed by atoms with Gasteiger partial charge in [-0.15, -0.1) is 16.9 Å². The van der Waals surface area contributed by atoms with Gasteiger partial charge in [-0.25, -0.2) is 4.39 Å². The van der Waals surface area contributed by atoms with E-state index in [4.69, 9.17) is 0 Å². The first-order chi connectivity index (χ1) is 14.1. The van der Waals surface area contributed by atoms with Crippen molar-refractivity contribution >= 4 is 29.3 Å². The molecule has 0 saturated carbocycles. The zero-order chi connectivity index (χ0) is 20.8. The van der Waals surface area contributed by atoms with E-state index in [9.17, 15) is 9.18 Å². The van der Waals surface area contributed by atoms with E-state index in [-0.39, 0.29) is 25.6 Å². The molecule has 0 atom stereocenters. The average molecular weight is 415 g/mol. The van der Waals surface area contributed by atoms with E-state index >= 15 is 0 Å². The van der Waals surface area contributed by atoms with Gasteiger partial charge in [0, 0.05) is 24.0 Å². The summed E-state index contributed by atoms with van der Waals surface area (Å²) in [5, 5.41) is 9.40. The smallest absolute Gasteiger partial charge is 0.249 e. The second-order valence-corrected chi connectivity index (χ2v) is 6.84. The van der Waals surface area contributed by atoms with E-state index in [1.165, 1.54) is 23.9 Å². The van der Waals surface area contributed by atoms with Gasteiger partial charge in [0.15, 0.2) is 5.82 Å². The van der Waals surface area contributed by atoms with Gasteiger partial charge in [0.05, 0.1) is 5.69 Å². The van der Waals surface area contributed by atoms with Crippen LogP contribution < -0.4 is 10.2 Å². The van der Waals surface area contributed by atoms with E-state index < -0.39 is 0 Å². The molecule has 3 heterocycles. The third-order valence-corrected chi connectivity index (χ3v) is 5.05. The van der Waals surface area contributed by atoms with Crippen LogP contribution in [0.25, 0.3) is 11.5 Å². The maximum absolute atomic E-state index is 13.5. The van der Waals surface area contributed by atoms with Gasteiger partial charge in [0.1, 0.15) is 18.1 Å². The molecule has 0 fully saturated rings. The van der Waals surface area contributed by atoms with Gasteiger partial charge < -0.3 is 4.90 Å². The van der Waals surface area contributed by atoms with Crippen LogP contribution >= 0.6 is 11.8 Å². The molecule has 0 bridgehead atoms. The summed E-state index contributed by atoms with van der Waals surface area (Å²) in [5.41, 5.74) is 2.17. The van der Waals surface area contributed by atoms with Crippen molar-refractivity contribution in [2.24, 2.45) is 0 Å². The molecule has 152 valence electrons. The lowest BCUT2D eigenvalue weighted by molar-refractivity contribution is -0.115. The second kappa shape index (κ2) is 9.33. The van der Waals surface area contributed by atoms with Gasteiger partial charge in [0.25, 0.3) is 0 Å². The topological polar surface area (TPSA) is 86.8 Å². The highest BCUT2D eigenvalue weighted by Crippen LogP contribution is 2.38. The fourth-order valence-electron chi connectivity index (χ4n) is 2.68. The Balaban J connectivity index is 0.00000104. The van der Waals surface area contributed by atoms with Gasteiger partial charge in [-0.1, -0.05) is 26.5 Å². The van der Waals surface area contributed by atoms with Crippen LogP contribution in [0.1, 0.15) is 15.3 Å². The number of pyridine rings is 1. The summed E-state index contributed by atoms with van der Waals surface area (Å²) >= 11 is 1.50. The molecular formula is C20H23FN6OS. The van der Waals surface area contributed by atoms with Gasteiger partial charge in [0.2, 0.25) is 11.9 Å². The van der Waals surface area contributed by atoms with E-state index in [0.717, 1.165) is 16.3 Å². The number of nitrogens with one attached hydrogen (secondary N) is 2. The molecule has 0 radical (unpaired) electrons. The van der Waals surface area contributed by atoms with Crippen LogP contribution in [-0.2, 0) is 4.79 Å². The lowest BCUT2D eigenvalue weighted by atomic mass is 10.2. The standard InChI is InChI=1S/C18H15FN6OS.C2H6.H2/c1-11-10-27-15-8-12(19)5-6-14(15)25(11)9-16(26)21-18-22-17(23-24-18)13-4-2-3-7-20-13;1-2;/h2-8H,1,9-10H2,(H2,21,22,23,24,26);1-2H3;1H. The van der Waals surface area contributed by atoms with Crippen LogP contribution in [0.5, 0.6) is 0 Å². The molecule has 1 amide bonds. The molecule has 1 aliphatic heterocycles. The highest BCUT2D eigenvalue weighted by atomic mass is 32.2. The number of amides is 1. The van der Waals surface area contributed by atoms with Crippen molar-refractivity contribution in [3.8, 4) is 11.5 Å².